The summed E-state index contributed by atoms with van der Waals surface area (Å²) in [7, 11) is 0. The lowest BCUT2D eigenvalue weighted by Crippen LogP contribution is -2.11. The molecule has 0 heterocycles. The van der Waals surface area contributed by atoms with Crippen molar-refractivity contribution >= 4 is 17.8 Å². The number of Topliss-reactive ketones (excluding diaryl/α,β-unsaturated/α-hetero) is 1. The van der Waals surface area contributed by atoms with E-state index in [4.69, 9.17) is 15.1 Å². The van der Waals surface area contributed by atoms with E-state index in [9.17, 15) is 9.59 Å². The number of carbonyl (C=O) groups excluding carboxylic acids is 1. The number of para-hydroxylation sites is 1. The number of hydrogen-bond acceptors (Lipinski definition) is 4. The van der Waals surface area contributed by atoms with Gasteiger partial charge in [-0.1, -0.05) is 32.0 Å². The first-order chi connectivity index (χ1) is 9.45. The van der Waals surface area contributed by atoms with E-state index >= 15 is 0 Å². The van der Waals surface area contributed by atoms with Crippen LogP contribution in [0.1, 0.15) is 19.4 Å². The lowest BCUT2D eigenvalue weighted by molar-refractivity contribution is -0.139. The van der Waals surface area contributed by atoms with E-state index in [2.05, 4.69) is 0 Å². The van der Waals surface area contributed by atoms with Gasteiger partial charge in [-0.05, 0) is 12.1 Å². The van der Waals surface area contributed by atoms with Gasteiger partial charge in [0.25, 0.3) is 0 Å². The van der Waals surface area contributed by atoms with Gasteiger partial charge in [0, 0.05) is 11.5 Å². The zero-order valence-corrected chi connectivity index (χ0v) is 11.3. The lowest BCUT2D eigenvalue weighted by Gasteiger charge is -2.08. The molecule has 1 aromatic carbocycles. The van der Waals surface area contributed by atoms with Crippen LogP contribution in [0.2, 0.25) is 0 Å². The summed E-state index contributed by atoms with van der Waals surface area (Å²) in [4.78, 5) is 22.3. The number of nitriles is 1. The fraction of sp³-hybridized carbons (Fsp3) is 0.267. The van der Waals surface area contributed by atoms with Gasteiger partial charge in [0.15, 0.2) is 12.4 Å². The summed E-state index contributed by atoms with van der Waals surface area (Å²) in [5.41, 5.74) is 0.519. The van der Waals surface area contributed by atoms with Crippen LogP contribution in [-0.2, 0) is 9.59 Å². The van der Waals surface area contributed by atoms with Gasteiger partial charge in [0.2, 0.25) is 0 Å². The minimum absolute atomic E-state index is 0.0198. The SMILES string of the molecule is CC(C)C(=O)/C(C#N)=C\c1ccccc1OCC(=O)O. The van der Waals surface area contributed by atoms with Crippen molar-refractivity contribution in [2.75, 3.05) is 6.61 Å². The molecule has 0 spiro atoms. The molecule has 1 aromatic rings. The first kappa shape index (κ1) is 15.4. The predicted octanol–water partition coefficient (Wildman–Crippen LogP) is 2.28. The Morgan fingerprint density at radius 2 is 2.05 bits per heavy atom. The van der Waals surface area contributed by atoms with Gasteiger partial charge >= 0.3 is 5.97 Å². The molecule has 1 N–H and O–H groups in total. The Hall–Kier alpha value is -2.61. The van der Waals surface area contributed by atoms with E-state index < -0.39 is 12.6 Å². The third-order valence-electron chi connectivity index (χ3n) is 2.48. The third-order valence-corrected chi connectivity index (χ3v) is 2.48. The summed E-state index contributed by atoms with van der Waals surface area (Å²) >= 11 is 0. The van der Waals surface area contributed by atoms with Crippen molar-refractivity contribution in [1.29, 1.82) is 5.26 Å². The van der Waals surface area contributed by atoms with Crippen LogP contribution in [0.4, 0.5) is 0 Å². The van der Waals surface area contributed by atoms with Gasteiger partial charge in [-0.2, -0.15) is 5.26 Å². The molecule has 0 aromatic heterocycles. The molecule has 0 aliphatic carbocycles. The van der Waals surface area contributed by atoms with Crippen LogP contribution in [0.25, 0.3) is 6.08 Å². The monoisotopic (exact) mass is 273 g/mol. The summed E-state index contributed by atoms with van der Waals surface area (Å²) in [6.07, 6.45) is 1.42. The topological polar surface area (TPSA) is 87.4 Å². The Bertz CT molecular complexity index is 582. The average Bonchev–Trinajstić information content (AvgIpc) is 2.42. The van der Waals surface area contributed by atoms with Gasteiger partial charge in [-0.25, -0.2) is 4.79 Å². The molecule has 0 radical (unpaired) electrons. The molecule has 0 amide bonds. The Balaban J connectivity index is 3.10. The van der Waals surface area contributed by atoms with E-state index in [0.717, 1.165) is 0 Å². The van der Waals surface area contributed by atoms with Crippen LogP contribution in [0.5, 0.6) is 5.75 Å². The Morgan fingerprint density at radius 3 is 2.60 bits per heavy atom. The summed E-state index contributed by atoms with van der Waals surface area (Å²) in [5.74, 6) is -1.32. The van der Waals surface area contributed by atoms with Gasteiger partial charge in [-0.3, -0.25) is 4.79 Å². The molecule has 0 aliphatic rings. The zero-order chi connectivity index (χ0) is 15.1. The fourth-order valence-electron chi connectivity index (χ4n) is 1.50. The molecule has 0 saturated carbocycles. The number of nitrogens with zero attached hydrogens (tertiary/aromatic N) is 1. The number of carboxylic acid groups (broad SMARTS) is 1. The highest BCUT2D eigenvalue weighted by Gasteiger charge is 2.14. The summed E-state index contributed by atoms with van der Waals surface area (Å²) in [6.45, 7) is 2.94. The molecular formula is C15H15NO4. The van der Waals surface area contributed by atoms with Crippen LogP contribution >= 0.6 is 0 Å². The Labute approximate surface area is 117 Å². The highest BCUT2D eigenvalue weighted by atomic mass is 16.5. The maximum Gasteiger partial charge on any atom is 0.341 e. The van der Waals surface area contributed by atoms with Gasteiger partial charge < -0.3 is 9.84 Å². The summed E-state index contributed by atoms with van der Waals surface area (Å²) < 4.78 is 5.12. The van der Waals surface area contributed by atoms with E-state index in [-0.39, 0.29) is 17.3 Å². The second-order valence-corrected chi connectivity index (χ2v) is 4.41. The quantitative estimate of drug-likeness (QED) is 0.634. The van der Waals surface area contributed by atoms with Crippen molar-refractivity contribution in [3.05, 3.63) is 35.4 Å². The smallest absolute Gasteiger partial charge is 0.341 e. The fourth-order valence-corrected chi connectivity index (χ4v) is 1.50. The van der Waals surface area contributed by atoms with Crippen LogP contribution in [-0.4, -0.2) is 23.5 Å². The Kier molecular flexibility index (Phi) is 5.48. The van der Waals surface area contributed by atoms with Crippen LogP contribution in [0.15, 0.2) is 29.8 Å². The van der Waals surface area contributed by atoms with Crippen molar-refractivity contribution in [3.8, 4) is 11.8 Å². The molecular weight excluding hydrogens is 258 g/mol. The molecule has 0 fully saturated rings. The molecule has 20 heavy (non-hydrogen) atoms. The number of ether oxygens (including phenoxy) is 1. The van der Waals surface area contributed by atoms with Gasteiger partial charge in [0.1, 0.15) is 11.8 Å². The van der Waals surface area contributed by atoms with Crippen molar-refractivity contribution < 1.29 is 19.4 Å². The maximum absolute atomic E-state index is 11.8. The second kappa shape index (κ2) is 7.10. The number of ketones is 1. The van der Waals surface area contributed by atoms with Crippen molar-refractivity contribution in [3.63, 3.8) is 0 Å². The van der Waals surface area contributed by atoms with E-state index in [0.29, 0.717) is 11.3 Å². The third kappa shape index (κ3) is 4.25. The van der Waals surface area contributed by atoms with E-state index in [1.54, 1.807) is 38.1 Å². The summed E-state index contributed by atoms with van der Waals surface area (Å²) in [5, 5.41) is 17.6. The van der Waals surface area contributed by atoms with Gasteiger partial charge in [0.05, 0.1) is 5.57 Å². The number of hydrogen-bond donors (Lipinski definition) is 1. The molecule has 0 bridgehead atoms. The largest absolute Gasteiger partial charge is 0.481 e. The number of carbonyl (C=O) groups is 2. The molecule has 0 saturated heterocycles. The molecule has 1 rings (SSSR count). The van der Waals surface area contributed by atoms with E-state index in [1.165, 1.54) is 6.08 Å². The van der Waals surface area contributed by atoms with Crippen LogP contribution in [0, 0.1) is 17.2 Å². The number of benzene rings is 1. The average molecular weight is 273 g/mol. The minimum atomic E-state index is -1.09. The second-order valence-electron chi connectivity index (χ2n) is 4.41. The molecule has 5 heteroatoms. The summed E-state index contributed by atoms with van der Waals surface area (Å²) in [6, 6.07) is 8.51. The van der Waals surface area contributed by atoms with Crippen molar-refractivity contribution in [2.24, 2.45) is 5.92 Å². The van der Waals surface area contributed by atoms with Crippen LogP contribution in [0.3, 0.4) is 0 Å². The first-order valence-electron chi connectivity index (χ1n) is 6.05. The minimum Gasteiger partial charge on any atom is -0.481 e. The number of allylic oxidation sites excluding steroid dienone is 1. The highest BCUT2D eigenvalue weighted by molar-refractivity contribution is 6.04. The molecule has 0 unspecified atom stereocenters. The first-order valence-corrected chi connectivity index (χ1v) is 6.05. The Morgan fingerprint density at radius 1 is 1.40 bits per heavy atom. The number of carboxylic acids is 1. The molecule has 0 aliphatic heterocycles. The standard InChI is InChI=1S/C15H15NO4/c1-10(2)15(19)12(8-16)7-11-5-3-4-6-13(11)20-9-14(17)18/h3-7,10H,9H2,1-2H3,(H,17,18)/b12-7-. The van der Waals surface area contributed by atoms with Crippen LogP contribution < -0.4 is 4.74 Å². The predicted molar refractivity (Wildman–Crippen MR) is 73.0 cm³/mol. The van der Waals surface area contributed by atoms with Gasteiger partial charge in [-0.15, -0.1) is 0 Å². The highest BCUT2D eigenvalue weighted by Crippen LogP contribution is 2.22. The zero-order valence-electron chi connectivity index (χ0n) is 11.3. The van der Waals surface area contributed by atoms with Crippen molar-refractivity contribution in [2.45, 2.75) is 13.8 Å². The normalized spacial score (nSPS) is 11.0. The lowest BCUT2D eigenvalue weighted by atomic mass is 10.00. The molecule has 104 valence electrons. The maximum atomic E-state index is 11.8. The number of aliphatic carboxylic acids is 1. The number of rotatable bonds is 6. The van der Waals surface area contributed by atoms with Crippen molar-refractivity contribution in [1.82, 2.24) is 0 Å². The van der Waals surface area contributed by atoms with E-state index in [1.807, 2.05) is 6.07 Å². The molecule has 5 nitrogen and oxygen atoms in total. The molecule has 0 atom stereocenters.